The first-order valence-electron chi connectivity index (χ1n) is 5.40. The molecule has 2 unspecified atom stereocenters. The average Bonchev–Trinajstić information content (AvgIpc) is 2.79. The highest BCUT2D eigenvalue weighted by atomic mass is 127. The molecule has 5 nitrogen and oxygen atoms in total. The first-order valence-corrected chi connectivity index (χ1v) is 7.56. The Kier molecular flexibility index (Phi) is 5.02. The molecule has 2 atom stereocenters. The van der Waals surface area contributed by atoms with Gasteiger partial charge in [-0.25, -0.2) is 5.43 Å². The number of nitriles is 1. The van der Waals surface area contributed by atoms with E-state index in [9.17, 15) is 5.11 Å². The molecule has 2 rings (SSSR count). The van der Waals surface area contributed by atoms with E-state index in [1.54, 1.807) is 0 Å². The third kappa shape index (κ3) is 3.24. The lowest BCUT2D eigenvalue weighted by atomic mass is 10.1. The van der Waals surface area contributed by atoms with Gasteiger partial charge in [-0.15, -0.1) is 0 Å². The van der Waals surface area contributed by atoms with Crippen LogP contribution in [0.5, 0.6) is 5.75 Å². The zero-order chi connectivity index (χ0) is 13.1. The van der Waals surface area contributed by atoms with Crippen LogP contribution in [0.15, 0.2) is 12.1 Å². The van der Waals surface area contributed by atoms with Gasteiger partial charge in [0.05, 0.1) is 21.7 Å². The van der Waals surface area contributed by atoms with Gasteiger partial charge in [0.25, 0.3) is 0 Å². The summed E-state index contributed by atoms with van der Waals surface area (Å²) in [5, 5.41) is 22.2. The van der Waals surface area contributed by atoms with Gasteiger partial charge in [-0.1, -0.05) is 0 Å². The van der Waals surface area contributed by atoms with Crippen molar-refractivity contribution in [1.82, 2.24) is 16.2 Å². The topological polar surface area (TPSA) is 80.1 Å². The molecule has 96 valence electrons. The van der Waals surface area contributed by atoms with Gasteiger partial charge in [0.15, 0.2) is 0 Å². The number of benzene rings is 1. The van der Waals surface area contributed by atoms with Gasteiger partial charge in [-0.3, -0.25) is 10.7 Å². The van der Waals surface area contributed by atoms with Gasteiger partial charge < -0.3 is 5.11 Å². The maximum Gasteiger partial charge on any atom is 0.133 e. The lowest BCUT2D eigenvalue weighted by molar-refractivity contribution is 0.410. The summed E-state index contributed by atoms with van der Waals surface area (Å²) in [7, 11) is 0. The minimum atomic E-state index is -0.103. The molecule has 1 aliphatic rings. The fourth-order valence-electron chi connectivity index (χ4n) is 1.78. The van der Waals surface area contributed by atoms with Crippen LogP contribution < -0.4 is 16.2 Å². The summed E-state index contributed by atoms with van der Waals surface area (Å²) < 4.78 is 1.92. The summed E-state index contributed by atoms with van der Waals surface area (Å²) >= 11 is 4.34. The van der Waals surface area contributed by atoms with E-state index in [1.165, 1.54) is 0 Å². The lowest BCUT2D eigenvalue weighted by Gasteiger charge is -2.16. The van der Waals surface area contributed by atoms with Crippen LogP contribution in [0.4, 0.5) is 0 Å². The quantitative estimate of drug-likeness (QED) is 0.501. The van der Waals surface area contributed by atoms with E-state index in [2.05, 4.69) is 67.4 Å². The SMILES string of the molecule is N#CC1CNNC1NCc1cc(I)cc(I)c1O. The van der Waals surface area contributed by atoms with Crippen molar-refractivity contribution in [1.29, 1.82) is 5.26 Å². The number of nitrogens with one attached hydrogen (secondary N) is 3. The summed E-state index contributed by atoms with van der Waals surface area (Å²) in [5.74, 6) is 0.206. The number of phenols is 1. The first kappa shape index (κ1) is 14.3. The van der Waals surface area contributed by atoms with Crippen molar-refractivity contribution in [2.75, 3.05) is 6.54 Å². The van der Waals surface area contributed by atoms with Crippen LogP contribution in [-0.2, 0) is 6.54 Å². The van der Waals surface area contributed by atoms with E-state index in [0.29, 0.717) is 18.8 Å². The molecule has 0 radical (unpaired) electrons. The number of nitrogens with zero attached hydrogens (tertiary/aromatic N) is 1. The fraction of sp³-hybridized carbons (Fsp3) is 0.364. The first-order chi connectivity index (χ1) is 8.61. The molecule has 0 amide bonds. The van der Waals surface area contributed by atoms with Crippen molar-refractivity contribution in [2.24, 2.45) is 5.92 Å². The van der Waals surface area contributed by atoms with Crippen LogP contribution in [0.1, 0.15) is 5.56 Å². The maximum absolute atomic E-state index is 9.97. The second kappa shape index (κ2) is 6.33. The molecular formula is C11H12I2N4O. The number of hydrogen-bond acceptors (Lipinski definition) is 5. The predicted molar refractivity (Wildman–Crippen MR) is 84.4 cm³/mol. The van der Waals surface area contributed by atoms with Gasteiger partial charge in [0, 0.05) is 22.2 Å². The number of halogens is 2. The Morgan fingerprint density at radius 2 is 2.28 bits per heavy atom. The monoisotopic (exact) mass is 470 g/mol. The molecule has 1 aromatic carbocycles. The van der Waals surface area contributed by atoms with Crippen LogP contribution in [-0.4, -0.2) is 17.8 Å². The molecule has 0 aliphatic carbocycles. The number of hydrazine groups is 1. The summed E-state index contributed by atoms with van der Waals surface area (Å²) in [5.41, 5.74) is 6.80. The van der Waals surface area contributed by atoms with Crippen molar-refractivity contribution in [2.45, 2.75) is 12.7 Å². The second-order valence-electron chi connectivity index (χ2n) is 4.01. The van der Waals surface area contributed by atoms with Crippen molar-refractivity contribution in [3.8, 4) is 11.8 Å². The van der Waals surface area contributed by atoms with E-state index < -0.39 is 0 Å². The number of aromatic hydroxyl groups is 1. The number of rotatable bonds is 3. The van der Waals surface area contributed by atoms with Gasteiger partial charge in [-0.05, 0) is 57.3 Å². The summed E-state index contributed by atoms with van der Waals surface area (Å²) in [6.45, 7) is 1.15. The molecule has 0 aromatic heterocycles. The molecular weight excluding hydrogens is 458 g/mol. The van der Waals surface area contributed by atoms with E-state index in [4.69, 9.17) is 5.26 Å². The Bertz CT molecular complexity index is 489. The highest BCUT2D eigenvalue weighted by molar-refractivity contribution is 14.1. The van der Waals surface area contributed by atoms with E-state index in [-0.39, 0.29) is 12.1 Å². The van der Waals surface area contributed by atoms with Crippen molar-refractivity contribution in [3.63, 3.8) is 0 Å². The second-order valence-corrected chi connectivity index (χ2v) is 6.42. The zero-order valence-corrected chi connectivity index (χ0v) is 13.7. The average molecular weight is 470 g/mol. The highest BCUT2D eigenvalue weighted by Gasteiger charge is 2.26. The molecule has 1 aliphatic heterocycles. The molecule has 4 N–H and O–H groups in total. The van der Waals surface area contributed by atoms with Gasteiger partial charge in [0.1, 0.15) is 5.75 Å². The standard InChI is InChI=1S/C11H12I2N4O/c12-8-1-6(10(18)9(13)2-8)4-15-11-7(3-14)5-16-17-11/h1-2,7,11,15-18H,4-5H2. The summed E-state index contributed by atoms with van der Waals surface area (Å²) in [4.78, 5) is 0. The van der Waals surface area contributed by atoms with E-state index >= 15 is 0 Å². The third-order valence-electron chi connectivity index (χ3n) is 2.77. The van der Waals surface area contributed by atoms with Crippen LogP contribution >= 0.6 is 45.2 Å². The minimum absolute atomic E-state index is 0.0927. The fourth-order valence-corrected chi connectivity index (χ4v) is 3.75. The lowest BCUT2D eigenvalue weighted by Crippen LogP contribution is -2.43. The van der Waals surface area contributed by atoms with Gasteiger partial charge in [0.2, 0.25) is 0 Å². The van der Waals surface area contributed by atoms with Crippen molar-refractivity contribution >= 4 is 45.2 Å². The minimum Gasteiger partial charge on any atom is -0.507 e. The zero-order valence-electron chi connectivity index (χ0n) is 9.37. The van der Waals surface area contributed by atoms with E-state index in [1.807, 2.05) is 12.1 Å². The van der Waals surface area contributed by atoms with Crippen LogP contribution in [0.25, 0.3) is 0 Å². The molecule has 7 heteroatoms. The third-order valence-corrected chi connectivity index (χ3v) is 4.21. The Labute approximate surface area is 133 Å². The summed E-state index contributed by atoms with van der Waals surface area (Å²) in [6, 6.07) is 6.10. The smallest absolute Gasteiger partial charge is 0.133 e. The normalized spacial score (nSPS) is 22.9. The van der Waals surface area contributed by atoms with E-state index in [0.717, 1.165) is 12.7 Å². The van der Waals surface area contributed by atoms with Crippen LogP contribution in [0.3, 0.4) is 0 Å². The largest absolute Gasteiger partial charge is 0.507 e. The molecule has 1 fully saturated rings. The Balaban J connectivity index is 2.04. The Morgan fingerprint density at radius 1 is 1.50 bits per heavy atom. The Morgan fingerprint density at radius 3 is 3.00 bits per heavy atom. The molecule has 18 heavy (non-hydrogen) atoms. The number of hydrogen-bond donors (Lipinski definition) is 4. The molecule has 1 saturated heterocycles. The predicted octanol–water partition coefficient (Wildman–Crippen LogP) is 1.26. The molecule has 1 heterocycles. The highest BCUT2D eigenvalue weighted by Crippen LogP contribution is 2.27. The van der Waals surface area contributed by atoms with Crippen molar-refractivity contribution < 1.29 is 5.11 Å². The van der Waals surface area contributed by atoms with Gasteiger partial charge >= 0.3 is 0 Å². The van der Waals surface area contributed by atoms with Crippen LogP contribution in [0.2, 0.25) is 0 Å². The Hall–Kier alpha value is -0.150. The molecule has 1 aromatic rings. The van der Waals surface area contributed by atoms with Crippen LogP contribution in [0, 0.1) is 24.4 Å². The van der Waals surface area contributed by atoms with Gasteiger partial charge in [-0.2, -0.15) is 5.26 Å². The number of phenolic OH excluding ortho intramolecular Hbond substituents is 1. The maximum atomic E-state index is 9.97. The molecule has 0 spiro atoms. The van der Waals surface area contributed by atoms with Crippen molar-refractivity contribution in [3.05, 3.63) is 24.8 Å². The molecule has 0 saturated carbocycles. The summed E-state index contributed by atoms with van der Waals surface area (Å²) in [6.07, 6.45) is -0.0927. The molecule has 0 bridgehead atoms.